The van der Waals surface area contributed by atoms with Crippen LogP contribution in [0.3, 0.4) is 0 Å². The van der Waals surface area contributed by atoms with Crippen molar-refractivity contribution in [2.75, 3.05) is 16.8 Å². The largest absolute Gasteiger partial charge is 0.417 e. The SMILES string of the molecule is O=C(N(CC12CCC(c3ccc(C(F)(F)F)cn3)(CC1)CC2)c1cccc(Nc2ncc(C3CC3)cn2)c1)C12CC(F)(C1)C2. The first kappa shape index (κ1) is 28.0. The maximum absolute atomic E-state index is 14.6. The standard InChI is InChI=1S/C34H35F4N5O/c35-33-18-32(19-33,20-33)28(44)43(26-3-1-2-25(14-26)42-29-40-15-23(16-41-29)22-4-5-22)21-30-8-11-31(12-9-30,13-10-30)27-7-6-24(17-39-27)34(36,37)38/h1-3,6-7,14-17,22H,4-5,8-13,18-21H2,(H,40,41,42). The number of benzene rings is 1. The molecular weight excluding hydrogens is 570 g/mol. The number of hydrogen-bond acceptors (Lipinski definition) is 5. The molecule has 0 spiro atoms. The van der Waals surface area contributed by atoms with Gasteiger partial charge >= 0.3 is 6.18 Å². The maximum atomic E-state index is 14.6. The summed E-state index contributed by atoms with van der Waals surface area (Å²) < 4.78 is 54.0. The topological polar surface area (TPSA) is 71.0 Å². The number of fused-ring (bicyclic) bond motifs is 3. The van der Waals surface area contributed by atoms with Crippen LogP contribution < -0.4 is 10.2 Å². The molecule has 0 radical (unpaired) electrons. The highest BCUT2D eigenvalue weighted by Crippen LogP contribution is 2.70. The molecule has 2 heterocycles. The van der Waals surface area contributed by atoms with Crippen molar-refractivity contribution in [3.8, 4) is 0 Å². The van der Waals surface area contributed by atoms with Crippen LogP contribution in [0.2, 0.25) is 0 Å². The number of alkyl halides is 4. The van der Waals surface area contributed by atoms with Crippen molar-refractivity contribution in [3.05, 3.63) is 71.8 Å². The molecule has 7 aliphatic carbocycles. The molecule has 10 heteroatoms. The molecule has 0 saturated heterocycles. The van der Waals surface area contributed by atoms with Crippen molar-refractivity contribution >= 4 is 23.2 Å². The molecular formula is C34H35F4N5O. The summed E-state index contributed by atoms with van der Waals surface area (Å²) in [5.41, 5.74) is 0.576. The number of carbonyl (C=O) groups is 1. The Morgan fingerprint density at radius 3 is 2.16 bits per heavy atom. The lowest BCUT2D eigenvalue weighted by Gasteiger charge is -2.65. The zero-order valence-electron chi connectivity index (χ0n) is 24.5. The third kappa shape index (κ3) is 4.67. The number of rotatable bonds is 8. The Bertz CT molecular complexity index is 1560. The Hall–Kier alpha value is -3.56. The number of nitrogens with zero attached hydrogens (tertiary/aromatic N) is 4. The first-order valence-electron chi connectivity index (χ1n) is 15.7. The Balaban J connectivity index is 1.02. The van der Waals surface area contributed by atoms with Crippen LogP contribution in [-0.2, 0) is 16.4 Å². The second-order valence-electron chi connectivity index (χ2n) is 14.4. The van der Waals surface area contributed by atoms with Gasteiger partial charge in [-0.3, -0.25) is 9.78 Å². The minimum Gasteiger partial charge on any atom is -0.324 e. The van der Waals surface area contributed by atoms with Crippen LogP contribution in [0.25, 0.3) is 0 Å². The molecule has 4 bridgehead atoms. The first-order chi connectivity index (χ1) is 21.0. The number of amides is 1. The van der Waals surface area contributed by atoms with E-state index in [9.17, 15) is 22.4 Å². The lowest BCUT2D eigenvalue weighted by Crippen LogP contribution is -2.71. The van der Waals surface area contributed by atoms with Crippen molar-refractivity contribution < 1.29 is 22.4 Å². The lowest BCUT2D eigenvalue weighted by molar-refractivity contribution is -0.211. The van der Waals surface area contributed by atoms with Crippen LogP contribution >= 0.6 is 0 Å². The van der Waals surface area contributed by atoms with Crippen LogP contribution in [0, 0.1) is 10.8 Å². The molecule has 6 nitrogen and oxygen atoms in total. The van der Waals surface area contributed by atoms with Gasteiger partial charge in [0.25, 0.3) is 0 Å². The molecule has 7 fully saturated rings. The summed E-state index contributed by atoms with van der Waals surface area (Å²) in [5, 5.41) is 3.28. The average molecular weight is 606 g/mol. The Morgan fingerprint density at radius 2 is 1.59 bits per heavy atom. The Morgan fingerprint density at radius 1 is 0.909 bits per heavy atom. The molecule has 1 amide bonds. The third-order valence-electron chi connectivity index (χ3n) is 11.3. The van der Waals surface area contributed by atoms with Gasteiger partial charge < -0.3 is 10.2 Å². The smallest absolute Gasteiger partial charge is 0.324 e. The molecule has 230 valence electrons. The molecule has 1 aromatic carbocycles. The van der Waals surface area contributed by atoms with E-state index >= 15 is 0 Å². The summed E-state index contributed by atoms with van der Waals surface area (Å²) in [4.78, 5) is 29.3. The predicted molar refractivity (Wildman–Crippen MR) is 157 cm³/mol. The zero-order valence-corrected chi connectivity index (χ0v) is 24.5. The highest BCUT2D eigenvalue weighted by molar-refractivity contribution is 6.00. The fourth-order valence-corrected chi connectivity index (χ4v) is 8.46. The van der Waals surface area contributed by atoms with Gasteiger partial charge in [-0.15, -0.1) is 0 Å². The molecule has 1 N–H and O–H groups in total. The Kier molecular flexibility index (Phi) is 6.02. The van der Waals surface area contributed by atoms with E-state index in [2.05, 4.69) is 20.3 Å². The minimum atomic E-state index is -4.41. The molecule has 0 unspecified atom stereocenters. The van der Waals surface area contributed by atoms with Gasteiger partial charge in [0.05, 0.1) is 11.0 Å². The Labute approximate surface area is 253 Å². The van der Waals surface area contributed by atoms with Gasteiger partial charge in [-0.05, 0) is 118 Å². The van der Waals surface area contributed by atoms with E-state index in [1.165, 1.54) is 12.8 Å². The highest BCUT2D eigenvalue weighted by Gasteiger charge is 2.73. The number of hydrogen-bond donors (Lipinski definition) is 1. The monoisotopic (exact) mass is 605 g/mol. The fraction of sp³-hybridized carbons (Fsp3) is 0.529. The van der Waals surface area contributed by atoms with Gasteiger partial charge in [-0.2, -0.15) is 13.2 Å². The summed E-state index contributed by atoms with van der Waals surface area (Å²) in [6, 6.07) is 10.4. The van der Waals surface area contributed by atoms with E-state index in [-0.39, 0.29) is 16.7 Å². The van der Waals surface area contributed by atoms with Crippen LogP contribution in [0.1, 0.15) is 93.4 Å². The number of nitrogens with one attached hydrogen (secondary N) is 1. The fourth-order valence-electron chi connectivity index (χ4n) is 8.46. The second kappa shape index (κ2) is 9.47. The summed E-state index contributed by atoms with van der Waals surface area (Å²) >= 11 is 0. The first-order valence-corrected chi connectivity index (χ1v) is 15.7. The molecule has 3 aromatic rings. The predicted octanol–water partition coefficient (Wildman–Crippen LogP) is 8.03. The highest BCUT2D eigenvalue weighted by atomic mass is 19.4. The van der Waals surface area contributed by atoms with Crippen LogP contribution in [0.5, 0.6) is 0 Å². The van der Waals surface area contributed by atoms with E-state index in [1.807, 2.05) is 41.6 Å². The maximum Gasteiger partial charge on any atom is 0.417 e. The quantitative estimate of drug-likeness (QED) is 0.263. The molecule has 7 aliphatic rings. The van der Waals surface area contributed by atoms with E-state index in [4.69, 9.17) is 0 Å². The summed E-state index contributed by atoms with van der Waals surface area (Å²) in [5.74, 6) is 1.07. The van der Waals surface area contributed by atoms with Crippen LogP contribution in [0.15, 0.2) is 55.0 Å². The number of carbonyl (C=O) groups excluding carboxylic acids is 1. The third-order valence-corrected chi connectivity index (χ3v) is 11.3. The van der Waals surface area contributed by atoms with Gasteiger partial charge in [0.15, 0.2) is 0 Å². The van der Waals surface area contributed by atoms with Crippen molar-refractivity contribution in [3.63, 3.8) is 0 Å². The molecule has 44 heavy (non-hydrogen) atoms. The van der Waals surface area contributed by atoms with Gasteiger partial charge in [-0.25, -0.2) is 14.4 Å². The van der Waals surface area contributed by atoms with Gasteiger partial charge in [0.2, 0.25) is 11.9 Å². The normalized spacial score (nSPS) is 32.0. The minimum absolute atomic E-state index is 0.000373. The van der Waals surface area contributed by atoms with E-state index in [1.54, 1.807) is 6.07 Å². The molecule has 0 atom stereocenters. The van der Waals surface area contributed by atoms with E-state index < -0.39 is 22.8 Å². The summed E-state index contributed by atoms with van der Waals surface area (Å²) in [6.07, 6.45) is 8.58. The number of pyridine rings is 1. The van der Waals surface area contributed by atoms with Crippen LogP contribution in [0.4, 0.5) is 34.9 Å². The van der Waals surface area contributed by atoms with Gasteiger partial charge in [0, 0.05) is 47.6 Å². The van der Waals surface area contributed by atoms with Crippen molar-refractivity contribution in [2.24, 2.45) is 10.8 Å². The second-order valence-corrected chi connectivity index (χ2v) is 14.4. The number of halogens is 4. The van der Waals surface area contributed by atoms with Crippen molar-refractivity contribution in [1.29, 1.82) is 0 Å². The number of aromatic nitrogens is 3. The van der Waals surface area contributed by atoms with E-state index in [0.717, 1.165) is 73.4 Å². The average Bonchev–Trinajstić information content (AvgIpc) is 3.85. The zero-order chi connectivity index (χ0) is 30.4. The number of anilines is 3. The van der Waals surface area contributed by atoms with Crippen LogP contribution in [-0.4, -0.2) is 33.1 Å². The van der Waals surface area contributed by atoms with E-state index in [0.29, 0.717) is 37.7 Å². The molecule has 7 saturated carbocycles. The molecule has 10 rings (SSSR count). The summed E-state index contributed by atoms with van der Waals surface area (Å²) in [6.45, 7) is 0.541. The molecule has 0 aliphatic heterocycles. The summed E-state index contributed by atoms with van der Waals surface area (Å²) in [7, 11) is 0. The molecule has 2 aromatic heterocycles. The van der Waals surface area contributed by atoms with Gasteiger partial charge in [0.1, 0.15) is 5.67 Å². The lowest BCUT2D eigenvalue weighted by atomic mass is 9.41. The van der Waals surface area contributed by atoms with Crippen molar-refractivity contribution in [2.45, 2.75) is 93.8 Å². The van der Waals surface area contributed by atoms with Crippen molar-refractivity contribution in [1.82, 2.24) is 15.0 Å². The van der Waals surface area contributed by atoms with Gasteiger partial charge in [-0.1, -0.05) is 6.07 Å².